The average Bonchev–Trinajstić information content (AvgIpc) is 3.11. The van der Waals surface area contributed by atoms with Crippen molar-refractivity contribution in [3.63, 3.8) is 0 Å². The molecule has 1 aliphatic rings. The van der Waals surface area contributed by atoms with Gasteiger partial charge in [0.2, 0.25) is 17.7 Å². The molecule has 1 saturated heterocycles. The second-order valence-corrected chi connectivity index (χ2v) is 7.75. The monoisotopic (exact) mass is 416 g/mol. The number of hydrogen-bond donors (Lipinski definition) is 6. The fourth-order valence-electron chi connectivity index (χ4n) is 3.06. The van der Waals surface area contributed by atoms with Gasteiger partial charge in [0.15, 0.2) is 6.04 Å². The van der Waals surface area contributed by atoms with Crippen LogP contribution in [0.3, 0.4) is 0 Å². The maximum Gasteiger partial charge on any atom is 0.328 e. The van der Waals surface area contributed by atoms with Gasteiger partial charge in [-0.3, -0.25) is 14.4 Å². The Morgan fingerprint density at radius 3 is 2.00 bits per heavy atom. The SMILES string of the molecule is CC(C)C(N)C(=O)NC(C(=O)N1CCCC1C(=O)NC(C(=O)O)C(C)O)C(C)O. The molecule has 0 spiro atoms. The Morgan fingerprint density at radius 1 is 1.00 bits per heavy atom. The first kappa shape index (κ1) is 24.8. The number of carbonyl (C=O) groups is 4. The van der Waals surface area contributed by atoms with Crippen LogP contribution in [0.2, 0.25) is 0 Å². The van der Waals surface area contributed by atoms with Crippen molar-refractivity contribution in [1.29, 1.82) is 0 Å². The molecule has 3 amide bonds. The zero-order valence-electron chi connectivity index (χ0n) is 17.2. The fraction of sp³-hybridized carbons (Fsp3) is 0.778. The lowest BCUT2D eigenvalue weighted by molar-refractivity contribution is -0.147. The molecule has 0 aromatic carbocycles. The summed E-state index contributed by atoms with van der Waals surface area (Å²) in [6.45, 7) is 6.26. The van der Waals surface area contributed by atoms with Gasteiger partial charge in [0.1, 0.15) is 12.1 Å². The molecule has 0 saturated carbocycles. The van der Waals surface area contributed by atoms with Crippen LogP contribution < -0.4 is 16.4 Å². The molecule has 11 heteroatoms. The molecule has 1 heterocycles. The Balaban J connectivity index is 2.94. The Morgan fingerprint density at radius 2 is 1.55 bits per heavy atom. The summed E-state index contributed by atoms with van der Waals surface area (Å²) in [7, 11) is 0. The second-order valence-electron chi connectivity index (χ2n) is 7.75. The summed E-state index contributed by atoms with van der Waals surface area (Å²) in [4.78, 5) is 50.1. The van der Waals surface area contributed by atoms with Crippen molar-refractivity contribution < 1.29 is 34.5 Å². The number of nitrogens with one attached hydrogen (secondary N) is 2. The maximum atomic E-state index is 12.9. The third-order valence-electron chi connectivity index (χ3n) is 4.95. The molecule has 6 unspecified atom stereocenters. The van der Waals surface area contributed by atoms with Crippen molar-refractivity contribution >= 4 is 23.7 Å². The number of likely N-dealkylation sites (tertiary alicyclic amines) is 1. The normalized spacial score (nSPS) is 21.8. The molecule has 0 bridgehead atoms. The molecule has 1 rings (SSSR count). The summed E-state index contributed by atoms with van der Waals surface area (Å²) < 4.78 is 0. The molecule has 1 aliphatic heterocycles. The van der Waals surface area contributed by atoms with Crippen LogP contribution in [0.1, 0.15) is 40.5 Å². The van der Waals surface area contributed by atoms with Crippen LogP contribution in [0.15, 0.2) is 0 Å². The van der Waals surface area contributed by atoms with E-state index in [1.807, 2.05) is 0 Å². The van der Waals surface area contributed by atoms with Crippen LogP contribution in [0.4, 0.5) is 0 Å². The highest BCUT2D eigenvalue weighted by atomic mass is 16.4. The predicted molar refractivity (Wildman–Crippen MR) is 102 cm³/mol. The first-order chi connectivity index (χ1) is 13.4. The number of nitrogens with two attached hydrogens (primary N) is 1. The first-order valence-corrected chi connectivity index (χ1v) is 9.64. The number of aliphatic hydroxyl groups is 2. The number of rotatable bonds is 9. The standard InChI is InChI=1S/C18H32N4O7/c1-8(2)12(19)16(26)20-13(9(3)23)17(27)22-7-5-6-11(22)15(25)21-14(10(4)24)18(28)29/h8-14,23-24H,5-7,19H2,1-4H3,(H,20,26)(H,21,25)(H,28,29). The minimum absolute atomic E-state index is 0.182. The van der Waals surface area contributed by atoms with Gasteiger partial charge in [0.25, 0.3) is 0 Å². The maximum absolute atomic E-state index is 12.9. The van der Waals surface area contributed by atoms with Crippen molar-refractivity contribution in [2.24, 2.45) is 11.7 Å². The van der Waals surface area contributed by atoms with E-state index in [0.29, 0.717) is 6.42 Å². The smallest absolute Gasteiger partial charge is 0.328 e. The molecule has 6 atom stereocenters. The van der Waals surface area contributed by atoms with E-state index in [-0.39, 0.29) is 18.9 Å². The molecule has 0 aromatic heterocycles. The molecular formula is C18H32N4O7. The molecule has 0 radical (unpaired) electrons. The van der Waals surface area contributed by atoms with E-state index in [0.717, 1.165) is 0 Å². The van der Waals surface area contributed by atoms with E-state index in [1.165, 1.54) is 18.7 Å². The van der Waals surface area contributed by atoms with Gasteiger partial charge in [0, 0.05) is 6.54 Å². The lowest BCUT2D eigenvalue weighted by Gasteiger charge is -2.31. The van der Waals surface area contributed by atoms with Crippen molar-refractivity contribution in [2.45, 2.75) is 76.9 Å². The van der Waals surface area contributed by atoms with Gasteiger partial charge in [0.05, 0.1) is 18.2 Å². The number of carboxylic acid groups (broad SMARTS) is 1. The van der Waals surface area contributed by atoms with Gasteiger partial charge in [-0.25, -0.2) is 4.79 Å². The molecular weight excluding hydrogens is 384 g/mol. The van der Waals surface area contributed by atoms with Crippen LogP contribution in [0, 0.1) is 5.92 Å². The third-order valence-corrected chi connectivity index (χ3v) is 4.95. The lowest BCUT2D eigenvalue weighted by Crippen LogP contribution is -2.60. The number of aliphatic carboxylic acids is 1. The highest BCUT2D eigenvalue weighted by Crippen LogP contribution is 2.20. The Bertz CT molecular complexity index is 623. The van der Waals surface area contributed by atoms with E-state index in [1.54, 1.807) is 13.8 Å². The number of carbonyl (C=O) groups excluding carboxylic acids is 3. The minimum atomic E-state index is -1.52. The summed E-state index contributed by atoms with van der Waals surface area (Å²) in [5.74, 6) is -3.57. The molecule has 1 fully saturated rings. The number of aliphatic hydroxyl groups excluding tert-OH is 2. The molecule has 0 aromatic rings. The van der Waals surface area contributed by atoms with Crippen LogP contribution in [-0.2, 0) is 19.2 Å². The highest BCUT2D eigenvalue weighted by Gasteiger charge is 2.41. The van der Waals surface area contributed by atoms with Gasteiger partial charge >= 0.3 is 5.97 Å². The first-order valence-electron chi connectivity index (χ1n) is 9.64. The fourth-order valence-corrected chi connectivity index (χ4v) is 3.06. The third kappa shape index (κ3) is 6.38. The second kappa shape index (κ2) is 10.5. The molecule has 166 valence electrons. The van der Waals surface area contributed by atoms with Crippen LogP contribution in [0.25, 0.3) is 0 Å². The van der Waals surface area contributed by atoms with Crippen molar-refractivity contribution in [2.75, 3.05) is 6.54 Å². The zero-order chi connectivity index (χ0) is 22.5. The molecule has 7 N–H and O–H groups in total. The van der Waals surface area contributed by atoms with Gasteiger partial charge in [-0.15, -0.1) is 0 Å². The minimum Gasteiger partial charge on any atom is -0.480 e. The Kier molecular flexibility index (Phi) is 8.99. The van der Waals surface area contributed by atoms with E-state index in [9.17, 15) is 29.4 Å². The summed E-state index contributed by atoms with van der Waals surface area (Å²) in [6.07, 6.45) is -1.79. The predicted octanol–water partition coefficient (Wildman–Crippen LogP) is -2.22. The van der Waals surface area contributed by atoms with Gasteiger partial charge in [-0.2, -0.15) is 0 Å². The summed E-state index contributed by atoms with van der Waals surface area (Å²) in [5.41, 5.74) is 5.79. The van der Waals surface area contributed by atoms with Crippen LogP contribution in [-0.4, -0.2) is 86.8 Å². The lowest BCUT2D eigenvalue weighted by atomic mass is 10.0. The van der Waals surface area contributed by atoms with Gasteiger partial charge < -0.3 is 36.6 Å². The zero-order valence-corrected chi connectivity index (χ0v) is 17.2. The van der Waals surface area contributed by atoms with Crippen molar-refractivity contribution in [1.82, 2.24) is 15.5 Å². The summed E-state index contributed by atoms with van der Waals surface area (Å²) in [6, 6.07) is -4.66. The van der Waals surface area contributed by atoms with Crippen molar-refractivity contribution in [3.8, 4) is 0 Å². The largest absolute Gasteiger partial charge is 0.480 e. The average molecular weight is 416 g/mol. The van der Waals surface area contributed by atoms with E-state index in [4.69, 9.17) is 10.8 Å². The number of nitrogens with zero attached hydrogens (tertiary/aromatic N) is 1. The Hall–Kier alpha value is -2.24. The summed E-state index contributed by atoms with van der Waals surface area (Å²) >= 11 is 0. The summed E-state index contributed by atoms with van der Waals surface area (Å²) in [5, 5.41) is 33.3. The number of carboxylic acids is 1. The molecule has 11 nitrogen and oxygen atoms in total. The van der Waals surface area contributed by atoms with Crippen LogP contribution in [0.5, 0.6) is 0 Å². The van der Waals surface area contributed by atoms with Gasteiger partial charge in [-0.05, 0) is 32.6 Å². The van der Waals surface area contributed by atoms with E-state index in [2.05, 4.69) is 10.6 Å². The van der Waals surface area contributed by atoms with Crippen LogP contribution >= 0.6 is 0 Å². The Labute approximate surface area is 169 Å². The van der Waals surface area contributed by atoms with Gasteiger partial charge in [-0.1, -0.05) is 13.8 Å². The topological polar surface area (TPSA) is 182 Å². The highest BCUT2D eigenvalue weighted by molar-refractivity contribution is 5.94. The quantitative estimate of drug-likeness (QED) is 0.244. The van der Waals surface area contributed by atoms with E-state index < -0.39 is 60.1 Å². The van der Waals surface area contributed by atoms with Crippen molar-refractivity contribution in [3.05, 3.63) is 0 Å². The number of amides is 3. The molecule has 29 heavy (non-hydrogen) atoms. The number of hydrogen-bond acceptors (Lipinski definition) is 7. The molecule has 0 aliphatic carbocycles. The van der Waals surface area contributed by atoms with E-state index >= 15 is 0 Å².